The van der Waals surface area contributed by atoms with E-state index >= 15 is 0 Å². The van der Waals surface area contributed by atoms with Gasteiger partial charge in [0.2, 0.25) is 0 Å². The molecular formula is C4H8BrNO2. The number of hydrogen-bond donors (Lipinski definition) is 1. The first-order valence-corrected chi connectivity index (χ1v) is 2.24. The Morgan fingerprint density at radius 3 is 2.50 bits per heavy atom. The van der Waals surface area contributed by atoms with Crippen LogP contribution in [-0.2, 0) is 9.53 Å². The molecule has 0 radical (unpaired) electrons. The first-order valence-electron chi connectivity index (χ1n) is 2.24. The van der Waals surface area contributed by atoms with E-state index in [4.69, 9.17) is 5.73 Å². The second-order valence-electron chi connectivity index (χ2n) is 1.57. The first kappa shape index (κ1) is 7.91. The Hall–Kier alpha value is -0.0900. The van der Waals surface area contributed by atoms with Crippen molar-refractivity contribution in [1.82, 2.24) is 0 Å². The molecule has 48 valence electrons. The van der Waals surface area contributed by atoms with Gasteiger partial charge in [0.1, 0.15) is 0 Å². The third-order valence-electron chi connectivity index (χ3n) is 0.916. The number of carbonyl (C=O) groups excluding carboxylic acids is 1. The zero-order chi connectivity index (χ0) is 5.28. The van der Waals surface area contributed by atoms with Gasteiger partial charge < -0.3 is 4.74 Å². The predicted octanol–water partition coefficient (Wildman–Crippen LogP) is 0.186. The number of carbonyl (C=O) groups is 1. The summed E-state index contributed by atoms with van der Waals surface area (Å²) in [6.07, 6.45) is 0.840. The number of cyclic esters (lactones) is 1. The van der Waals surface area contributed by atoms with Gasteiger partial charge in [-0.25, -0.2) is 0 Å². The molecule has 0 amide bonds. The molecule has 3 nitrogen and oxygen atoms in total. The van der Waals surface area contributed by atoms with Crippen molar-refractivity contribution in [3.8, 4) is 0 Å². The number of rotatable bonds is 0. The Kier molecular flexibility index (Phi) is 3.01. The van der Waals surface area contributed by atoms with E-state index in [0.29, 0.717) is 12.8 Å². The minimum Gasteiger partial charge on any atom is -0.447 e. The SMILES string of the molecule is Br.N[C@H]1CCC(=O)O1. The van der Waals surface area contributed by atoms with Crippen LogP contribution in [0, 0.1) is 0 Å². The van der Waals surface area contributed by atoms with E-state index in [9.17, 15) is 4.79 Å². The fourth-order valence-corrected chi connectivity index (χ4v) is 0.547. The fourth-order valence-electron chi connectivity index (χ4n) is 0.547. The minimum absolute atomic E-state index is 0. The summed E-state index contributed by atoms with van der Waals surface area (Å²) in [5.41, 5.74) is 5.18. The molecule has 1 saturated heterocycles. The molecule has 0 aliphatic carbocycles. The van der Waals surface area contributed by atoms with Crippen LogP contribution in [0.3, 0.4) is 0 Å². The lowest BCUT2D eigenvalue weighted by Gasteiger charge is -1.96. The molecule has 4 heteroatoms. The van der Waals surface area contributed by atoms with E-state index in [-0.39, 0.29) is 29.2 Å². The number of hydrogen-bond acceptors (Lipinski definition) is 3. The molecule has 0 unspecified atom stereocenters. The van der Waals surface area contributed by atoms with Crippen molar-refractivity contribution < 1.29 is 9.53 Å². The first-order chi connectivity index (χ1) is 3.29. The van der Waals surface area contributed by atoms with Crippen LogP contribution < -0.4 is 5.73 Å². The molecule has 8 heavy (non-hydrogen) atoms. The summed E-state index contributed by atoms with van der Waals surface area (Å²) in [4.78, 5) is 10.2. The summed E-state index contributed by atoms with van der Waals surface area (Å²) in [6.45, 7) is 0. The number of nitrogens with two attached hydrogens (primary N) is 1. The van der Waals surface area contributed by atoms with Crippen molar-refractivity contribution in [1.29, 1.82) is 0 Å². The van der Waals surface area contributed by atoms with Gasteiger partial charge in [-0.3, -0.25) is 10.5 Å². The summed E-state index contributed by atoms with van der Waals surface area (Å²) in [5, 5.41) is 0. The van der Waals surface area contributed by atoms with Crippen LogP contribution in [0.15, 0.2) is 0 Å². The highest BCUT2D eigenvalue weighted by Crippen LogP contribution is 2.07. The van der Waals surface area contributed by atoms with Crippen LogP contribution in [0.25, 0.3) is 0 Å². The summed E-state index contributed by atoms with van der Waals surface area (Å²) >= 11 is 0. The molecule has 0 spiro atoms. The molecule has 0 bridgehead atoms. The van der Waals surface area contributed by atoms with Crippen LogP contribution in [0.4, 0.5) is 0 Å². The zero-order valence-electron chi connectivity index (χ0n) is 4.29. The van der Waals surface area contributed by atoms with Gasteiger partial charge in [-0.2, -0.15) is 0 Å². The molecule has 1 heterocycles. The van der Waals surface area contributed by atoms with Gasteiger partial charge in [0.15, 0.2) is 6.23 Å². The van der Waals surface area contributed by atoms with Crippen molar-refractivity contribution in [2.45, 2.75) is 19.1 Å². The second kappa shape index (κ2) is 3.04. The topological polar surface area (TPSA) is 52.3 Å². The normalized spacial score (nSPS) is 26.6. The highest BCUT2D eigenvalue weighted by molar-refractivity contribution is 8.93. The highest BCUT2D eigenvalue weighted by Gasteiger charge is 2.18. The molecule has 0 saturated carbocycles. The highest BCUT2D eigenvalue weighted by atomic mass is 79.9. The van der Waals surface area contributed by atoms with Gasteiger partial charge in [-0.05, 0) is 0 Å². The number of halogens is 1. The largest absolute Gasteiger partial charge is 0.447 e. The lowest BCUT2D eigenvalue weighted by molar-refractivity contribution is -0.141. The van der Waals surface area contributed by atoms with Gasteiger partial charge in [-0.1, -0.05) is 0 Å². The maximum Gasteiger partial charge on any atom is 0.307 e. The monoisotopic (exact) mass is 181 g/mol. The van der Waals surface area contributed by atoms with Crippen LogP contribution >= 0.6 is 17.0 Å². The average molecular weight is 182 g/mol. The van der Waals surface area contributed by atoms with Crippen LogP contribution in [0.2, 0.25) is 0 Å². The van der Waals surface area contributed by atoms with Crippen molar-refractivity contribution in [2.24, 2.45) is 5.73 Å². The summed E-state index contributed by atoms with van der Waals surface area (Å²) in [5.74, 6) is -0.174. The van der Waals surface area contributed by atoms with Gasteiger partial charge in [0, 0.05) is 6.42 Å². The minimum atomic E-state index is -0.326. The molecule has 1 rings (SSSR count). The van der Waals surface area contributed by atoms with Crippen molar-refractivity contribution in [3.05, 3.63) is 0 Å². The maximum absolute atomic E-state index is 10.2. The van der Waals surface area contributed by atoms with Crippen molar-refractivity contribution in [2.75, 3.05) is 0 Å². The molecule has 1 atom stereocenters. The molecular weight excluding hydrogens is 174 g/mol. The molecule has 0 aromatic rings. The lowest BCUT2D eigenvalue weighted by Crippen LogP contribution is -2.17. The Morgan fingerprint density at radius 1 is 1.75 bits per heavy atom. The van der Waals surface area contributed by atoms with E-state index in [1.165, 1.54) is 0 Å². The van der Waals surface area contributed by atoms with Gasteiger partial charge in [0.25, 0.3) is 0 Å². The summed E-state index contributed by atoms with van der Waals surface area (Å²) in [6, 6.07) is 0. The Morgan fingerprint density at radius 2 is 2.38 bits per heavy atom. The van der Waals surface area contributed by atoms with Crippen LogP contribution in [0.5, 0.6) is 0 Å². The van der Waals surface area contributed by atoms with Gasteiger partial charge in [-0.15, -0.1) is 17.0 Å². The third kappa shape index (κ3) is 1.79. The van der Waals surface area contributed by atoms with E-state index in [1.807, 2.05) is 0 Å². The standard InChI is InChI=1S/C4H7NO2.BrH/c5-3-1-2-4(6)7-3;/h3H,1-2,5H2;1H/t3-;/m1./s1. The van der Waals surface area contributed by atoms with E-state index < -0.39 is 0 Å². The van der Waals surface area contributed by atoms with Gasteiger partial charge in [0.05, 0.1) is 6.42 Å². The number of ether oxygens (including phenoxy) is 1. The molecule has 0 aromatic heterocycles. The van der Waals surface area contributed by atoms with Crippen LogP contribution in [0.1, 0.15) is 12.8 Å². The van der Waals surface area contributed by atoms with Crippen molar-refractivity contribution >= 4 is 23.0 Å². The fraction of sp³-hybridized carbons (Fsp3) is 0.750. The number of esters is 1. The van der Waals surface area contributed by atoms with E-state index in [2.05, 4.69) is 4.74 Å². The Bertz CT molecular complexity index is 96.0. The summed E-state index contributed by atoms with van der Waals surface area (Å²) < 4.78 is 4.50. The second-order valence-corrected chi connectivity index (χ2v) is 1.57. The summed E-state index contributed by atoms with van der Waals surface area (Å²) in [7, 11) is 0. The quantitative estimate of drug-likeness (QED) is 0.544. The van der Waals surface area contributed by atoms with Crippen molar-refractivity contribution in [3.63, 3.8) is 0 Å². The third-order valence-corrected chi connectivity index (χ3v) is 0.916. The molecule has 2 N–H and O–H groups in total. The molecule has 1 fully saturated rings. The predicted molar refractivity (Wildman–Crippen MR) is 33.6 cm³/mol. The van der Waals surface area contributed by atoms with E-state index in [1.54, 1.807) is 0 Å². The van der Waals surface area contributed by atoms with E-state index in [0.717, 1.165) is 0 Å². The average Bonchev–Trinajstić information content (AvgIpc) is 1.87. The maximum atomic E-state index is 10.2. The van der Waals surface area contributed by atoms with Gasteiger partial charge >= 0.3 is 5.97 Å². The Labute approximate surface area is 58.0 Å². The molecule has 1 aliphatic rings. The van der Waals surface area contributed by atoms with Crippen LogP contribution in [-0.4, -0.2) is 12.2 Å². The molecule has 0 aromatic carbocycles. The Balaban J connectivity index is 0.000000490. The zero-order valence-corrected chi connectivity index (χ0v) is 6.01. The lowest BCUT2D eigenvalue weighted by atomic mass is 10.3. The molecule has 1 aliphatic heterocycles. The smallest absolute Gasteiger partial charge is 0.307 e.